The zero-order chi connectivity index (χ0) is 15.7. The molecule has 0 radical (unpaired) electrons. The van der Waals surface area contributed by atoms with Gasteiger partial charge in [0.2, 0.25) is 11.7 Å². The fourth-order valence-electron chi connectivity index (χ4n) is 2.25. The molecule has 0 bridgehead atoms. The van der Waals surface area contributed by atoms with E-state index in [0.717, 1.165) is 11.4 Å². The van der Waals surface area contributed by atoms with E-state index in [1.54, 1.807) is 13.8 Å². The minimum Gasteiger partial charge on any atom is -0.348 e. The number of H-pyrrole nitrogens is 1. The second-order valence-corrected chi connectivity index (χ2v) is 5.01. The lowest BCUT2D eigenvalue weighted by Crippen LogP contribution is -2.24. The Balaban J connectivity index is 1.69. The van der Waals surface area contributed by atoms with Crippen LogP contribution in [-0.2, 0) is 13.6 Å². The van der Waals surface area contributed by atoms with Crippen molar-refractivity contribution < 1.29 is 9.32 Å². The van der Waals surface area contributed by atoms with Gasteiger partial charge in [-0.3, -0.25) is 9.89 Å². The summed E-state index contributed by atoms with van der Waals surface area (Å²) in [5.74, 6) is 0.623. The van der Waals surface area contributed by atoms with Crippen LogP contribution in [0.3, 0.4) is 0 Å². The standard InChI is InChI=1S/C14H16N6O2/c1-8-12(9(2)18-17-8)14(21)15-7-11-16-13(19-22-11)10-5-4-6-20(10)3/h4-6H,7H2,1-3H3,(H,15,21)(H,17,18). The molecule has 0 aliphatic heterocycles. The zero-order valence-electron chi connectivity index (χ0n) is 12.5. The Morgan fingerprint density at radius 1 is 1.45 bits per heavy atom. The normalized spacial score (nSPS) is 10.9. The minimum absolute atomic E-state index is 0.167. The second kappa shape index (κ2) is 5.47. The maximum absolute atomic E-state index is 12.1. The quantitative estimate of drug-likeness (QED) is 0.757. The first-order valence-electron chi connectivity index (χ1n) is 6.80. The predicted molar refractivity (Wildman–Crippen MR) is 77.9 cm³/mol. The molecule has 0 fully saturated rings. The van der Waals surface area contributed by atoms with Crippen LogP contribution in [-0.4, -0.2) is 30.8 Å². The number of aromatic nitrogens is 5. The van der Waals surface area contributed by atoms with Crippen LogP contribution < -0.4 is 5.32 Å². The van der Waals surface area contributed by atoms with Gasteiger partial charge in [-0.05, 0) is 26.0 Å². The first kappa shape index (κ1) is 14.1. The average molecular weight is 300 g/mol. The first-order valence-corrected chi connectivity index (χ1v) is 6.80. The SMILES string of the molecule is Cc1n[nH]c(C)c1C(=O)NCc1nc(-c2cccn2C)no1. The zero-order valence-corrected chi connectivity index (χ0v) is 12.5. The molecule has 0 unspecified atom stereocenters. The number of nitrogens with one attached hydrogen (secondary N) is 2. The van der Waals surface area contributed by atoms with Gasteiger partial charge < -0.3 is 14.4 Å². The van der Waals surface area contributed by atoms with Crippen molar-refractivity contribution in [3.05, 3.63) is 41.2 Å². The Morgan fingerprint density at radius 2 is 2.27 bits per heavy atom. The number of rotatable bonds is 4. The molecule has 3 aromatic rings. The van der Waals surface area contributed by atoms with E-state index in [9.17, 15) is 4.79 Å². The Kier molecular flexibility index (Phi) is 3.50. The van der Waals surface area contributed by atoms with Crippen LogP contribution in [0.5, 0.6) is 0 Å². The summed E-state index contributed by atoms with van der Waals surface area (Å²) in [5, 5.41) is 13.5. The molecule has 0 aromatic carbocycles. The van der Waals surface area contributed by atoms with E-state index < -0.39 is 0 Å². The molecule has 0 saturated heterocycles. The van der Waals surface area contributed by atoms with Gasteiger partial charge in [0.05, 0.1) is 23.5 Å². The van der Waals surface area contributed by atoms with Crippen LogP contribution in [0.1, 0.15) is 27.6 Å². The number of aryl methyl sites for hydroxylation is 3. The maximum Gasteiger partial charge on any atom is 0.255 e. The van der Waals surface area contributed by atoms with Crippen LogP contribution in [0.15, 0.2) is 22.9 Å². The molecule has 3 aromatic heterocycles. The van der Waals surface area contributed by atoms with E-state index in [1.807, 2.05) is 29.9 Å². The highest BCUT2D eigenvalue weighted by Crippen LogP contribution is 2.15. The van der Waals surface area contributed by atoms with Gasteiger partial charge in [0.15, 0.2) is 0 Å². The molecule has 22 heavy (non-hydrogen) atoms. The van der Waals surface area contributed by atoms with E-state index >= 15 is 0 Å². The molecule has 8 heteroatoms. The van der Waals surface area contributed by atoms with Gasteiger partial charge >= 0.3 is 0 Å². The molecule has 0 aliphatic rings. The number of nitrogens with zero attached hydrogens (tertiary/aromatic N) is 4. The molecule has 3 heterocycles. The molecule has 3 rings (SSSR count). The Bertz CT molecular complexity index is 794. The van der Waals surface area contributed by atoms with Crippen molar-refractivity contribution in [3.63, 3.8) is 0 Å². The van der Waals surface area contributed by atoms with Crippen molar-refractivity contribution in [2.45, 2.75) is 20.4 Å². The van der Waals surface area contributed by atoms with E-state index in [0.29, 0.717) is 23.0 Å². The molecule has 0 aliphatic carbocycles. The van der Waals surface area contributed by atoms with Gasteiger partial charge in [-0.1, -0.05) is 5.16 Å². The fourth-order valence-corrected chi connectivity index (χ4v) is 2.25. The first-order chi connectivity index (χ1) is 10.6. The Labute approximate surface area is 126 Å². The van der Waals surface area contributed by atoms with Crippen LogP contribution in [0.2, 0.25) is 0 Å². The van der Waals surface area contributed by atoms with Crippen molar-refractivity contribution in [2.24, 2.45) is 7.05 Å². The van der Waals surface area contributed by atoms with E-state index in [1.165, 1.54) is 0 Å². The predicted octanol–water partition coefficient (Wildman–Crippen LogP) is 1.35. The number of hydrogen-bond acceptors (Lipinski definition) is 5. The van der Waals surface area contributed by atoms with Crippen molar-refractivity contribution in [3.8, 4) is 11.5 Å². The molecule has 1 amide bonds. The van der Waals surface area contributed by atoms with Crippen LogP contribution in [0, 0.1) is 13.8 Å². The van der Waals surface area contributed by atoms with Gasteiger partial charge in [0.25, 0.3) is 5.91 Å². The van der Waals surface area contributed by atoms with Gasteiger partial charge in [-0.2, -0.15) is 10.1 Å². The third-order valence-electron chi connectivity index (χ3n) is 3.40. The highest BCUT2D eigenvalue weighted by atomic mass is 16.5. The third-order valence-corrected chi connectivity index (χ3v) is 3.40. The van der Waals surface area contributed by atoms with Gasteiger partial charge in [0, 0.05) is 18.9 Å². The molecule has 8 nitrogen and oxygen atoms in total. The second-order valence-electron chi connectivity index (χ2n) is 5.01. The highest BCUT2D eigenvalue weighted by molar-refractivity contribution is 5.96. The lowest BCUT2D eigenvalue weighted by atomic mass is 10.2. The summed E-state index contributed by atoms with van der Waals surface area (Å²) in [6, 6.07) is 3.79. The van der Waals surface area contributed by atoms with Crippen LogP contribution in [0.25, 0.3) is 11.5 Å². The van der Waals surface area contributed by atoms with E-state index in [-0.39, 0.29) is 12.5 Å². The number of carbonyl (C=O) groups excluding carboxylic acids is 1. The topological polar surface area (TPSA) is 102 Å². The van der Waals surface area contributed by atoms with Crippen molar-refractivity contribution in [1.82, 2.24) is 30.2 Å². The fraction of sp³-hybridized carbons (Fsp3) is 0.286. The van der Waals surface area contributed by atoms with Crippen molar-refractivity contribution in [1.29, 1.82) is 0 Å². The van der Waals surface area contributed by atoms with Gasteiger partial charge in [0.1, 0.15) is 0 Å². The smallest absolute Gasteiger partial charge is 0.255 e. The summed E-state index contributed by atoms with van der Waals surface area (Å²) in [6.45, 7) is 3.74. The van der Waals surface area contributed by atoms with E-state index in [4.69, 9.17) is 4.52 Å². The van der Waals surface area contributed by atoms with Crippen molar-refractivity contribution >= 4 is 5.91 Å². The number of hydrogen-bond donors (Lipinski definition) is 2. The molecule has 0 atom stereocenters. The molecule has 0 saturated carbocycles. The van der Waals surface area contributed by atoms with Crippen molar-refractivity contribution in [2.75, 3.05) is 0 Å². The highest BCUT2D eigenvalue weighted by Gasteiger charge is 2.16. The summed E-state index contributed by atoms with van der Waals surface area (Å²) in [7, 11) is 1.90. The summed E-state index contributed by atoms with van der Waals surface area (Å²) in [6.07, 6.45) is 1.90. The molecule has 2 N–H and O–H groups in total. The van der Waals surface area contributed by atoms with Crippen LogP contribution >= 0.6 is 0 Å². The van der Waals surface area contributed by atoms with Gasteiger partial charge in [-0.15, -0.1) is 0 Å². The van der Waals surface area contributed by atoms with Gasteiger partial charge in [-0.25, -0.2) is 0 Å². The molecular formula is C14H16N6O2. The third kappa shape index (κ3) is 2.50. The summed E-state index contributed by atoms with van der Waals surface area (Å²) < 4.78 is 7.05. The maximum atomic E-state index is 12.1. The lowest BCUT2D eigenvalue weighted by Gasteiger charge is -2.01. The number of carbonyl (C=O) groups is 1. The van der Waals surface area contributed by atoms with E-state index in [2.05, 4.69) is 25.7 Å². The van der Waals surface area contributed by atoms with Crippen LogP contribution in [0.4, 0.5) is 0 Å². The monoisotopic (exact) mass is 300 g/mol. The summed E-state index contributed by atoms with van der Waals surface area (Å²) in [4.78, 5) is 16.4. The molecular weight excluding hydrogens is 284 g/mol. The Hall–Kier alpha value is -2.90. The summed E-state index contributed by atoms with van der Waals surface area (Å²) >= 11 is 0. The molecule has 0 spiro atoms. The summed E-state index contributed by atoms with van der Waals surface area (Å²) in [5.41, 5.74) is 2.78. The average Bonchev–Trinajstić information content (AvgIpc) is 3.18. The lowest BCUT2D eigenvalue weighted by molar-refractivity contribution is 0.0945. The molecule has 114 valence electrons. The Morgan fingerprint density at radius 3 is 2.91 bits per heavy atom. The number of aromatic amines is 1. The largest absolute Gasteiger partial charge is 0.348 e. The minimum atomic E-state index is -0.220. The number of amides is 1.